The Morgan fingerprint density at radius 1 is 1.03 bits per heavy atom. The normalized spacial score (nSPS) is 15.8. The highest BCUT2D eigenvalue weighted by molar-refractivity contribution is 7.89. The van der Waals surface area contributed by atoms with Crippen molar-refractivity contribution in [2.24, 2.45) is 5.92 Å². The van der Waals surface area contributed by atoms with Crippen LogP contribution in [0.3, 0.4) is 0 Å². The van der Waals surface area contributed by atoms with E-state index in [2.05, 4.69) is 5.32 Å². The number of esters is 2. The number of nitrogens with one attached hydrogen (secondary N) is 1. The number of nitrogens with zero attached hydrogens (tertiary/aromatic N) is 1. The van der Waals surface area contributed by atoms with Crippen LogP contribution < -0.4 is 5.32 Å². The van der Waals surface area contributed by atoms with E-state index < -0.39 is 39.9 Å². The van der Waals surface area contributed by atoms with E-state index in [9.17, 15) is 22.8 Å². The molecule has 1 atom stereocenters. The van der Waals surface area contributed by atoms with Crippen molar-refractivity contribution in [3.63, 3.8) is 0 Å². The van der Waals surface area contributed by atoms with Crippen LogP contribution in [0.4, 0.5) is 5.69 Å². The highest BCUT2D eigenvalue weighted by Gasteiger charge is 2.34. The molecule has 0 spiro atoms. The second kappa shape index (κ2) is 11.3. The predicted octanol–water partition coefficient (Wildman–Crippen LogP) is 2.83. The minimum atomic E-state index is -3.77. The molecule has 3 rings (SSSR count). The number of ether oxygens (including phenoxy) is 2. The van der Waals surface area contributed by atoms with Gasteiger partial charge in [0.1, 0.15) is 0 Å². The third kappa shape index (κ3) is 6.21. The molecule has 0 aliphatic carbocycles. The number of rotatable bonds is 8. The van der Waals surface area contributed by atoms with Crippen LogP contribution in [0.5, 0.6) is 0 Å². The van der Waals surface area contributed by atoms with Crippen molar-refractivity contribution in [3.8, 4) is 0 Å². The van der Waals surface area contributed by atoms with Gasteiger partial charge in [0.15, 0.2) is 6.10 Å². The van der Waals surface area contributed by atoms with E-state index in [-0.39, 0.29) is 43.0 Å². The van der Waals surface area contributed by atoms with Crippen molar-refractivity contribution in [2.45, 2.75) is 37.7 Å². The number of sulfonamides is 1. The van der Waals surface area contributed by atoms with Crippen LogP contribution in [0.25, 0.3) is 0 Å². The molecule has 1 heterocycles. The Labute approximate surface area is 199 Å². The minimum absolute atomic E-state index is 0.0628. The average Bonchev–Trinajstić information content (AvgIpc) is 2.85. The number of hydrogen-bond acceptors (Lipinski definition) is 7. The van der Waals surface area contributed by atoms with Gasteiger partial charge in [-0.3, -0.25) is 9.59 Å². The molecular formula is C24H28N2O7S. The molecule has 0 radical (unpaired) electrons. The van der Waals surface area contributed by atoms with Crippen LogP contribution in [-0.4, -0.2) is 56.4 Å². The number of amides is 1. The SMILES string of the molecule is CCOC(=O)c1ccc(S(=O)(=O)N2CCC(C(=O)OC(C)C(=O)Nc3ccccc3)CC2)cc1. The summed E-state index contributed by atoms with van der Waals surface area (Å²) in [5, 5.41) is 2.68. The lowest BCUT2D eigenvalue weighted by Gasteiger charge is -2.30. The summed E-state index contributed by atoms with van der Waals surface area (Å²) in [6.07, 6.45) is -0.412. The fraction of sp³-hybridized carbons (Fsp3) is 0.375. The Kier molecular flexibility index (Phi) is 8.41. The monoisotopic (exact) mass is 488 g/mol. The van der Waals surface area contributed by atoms with Crippen molar-refractivity contribution < 1.29 is 32.3 Å². The maximum Gasteiger partial charge on any atom is 0.338 e. The Morgan fingerprint density at radius 3 is 2.24 bits per heavy atom. The van der Waals surface area contributed by atoms with Crippen molar-refractivity contribution in [1.29, 1.82) is 0 Å². The molecule has 1 unspecified atom stereocenters. The van der Waals surface area contributed by atoms with E-state index in [1.165, 1.54) is 35.5 Å². The summed E-state index contributed by atoms with van der Waals surface area (Å²) >= 11 is 0. The summed E-state index contributed by atoms with van der Waals surface area (Å²) < 4.78 is 37.4. The minimum Gasteiger partial charge on any atom is -0.462 e. The summed E-state index contributed by atoms with van der Waals surface area (Å²) in [5.74, 6) is -1.97. The van der Waals surface area contributed by atoms with E-state index in [1.54, 1.807) is 31.2 Å². The molecule has 1 aliphatic rings. The van der Waals surface area contributed by atoms with Crippen LogP contribution >= 0.6 is 0 Å². The van der Waals surface area contributed by atoms with Crippen LogP contribution in [0.2, 0.25) is 0 Å². The lowest BCUT2D eigenvalue weighted by molar-refractivity contribution is -0.158. The van der Waals surface area contributed by atoms with Crippen LogP contribution in [0, 0.1) is 5.92 Å². The quantitative estimate of drug-likeness (QED) is 0.568. The predicted molar refractivity (Wildman–Crippen MR) is 125 cm³/mol. The van der Waals surface area contributed by atoms with Gasteiger partial charge < -0.3 is 14.8 Å². The van der Waals surface area contributed by atoms with E-state index in [1.807, 2.05) is 6.07 Å². The second-order valence-corrected chi connectivity index (χ2v) is 9.80. The Balaban J connectivity index is 1.53. The molecular weight excluding hydrogens is 460 g/mol. The zero-order valence-electron chi connectivity index (χ0n) is 19.1. The number of carbonyl (C=O) groups is 3. The summed E-state index contributed by atoms with van der Waals surface area (Å²) in [5.41, 5.74) is 0.872. The molecule has 10 heteroatoms. The summed E-state index contributed by atoms with van der Waals surface area (Å²) in [6.45, 7) is 3.71. The van der Waals surface area contributed by atoms with E-state index in [0.29, 0.717) is 5.69 Å². The average molecular weight is 489 g/mol. The number of hydrogen-bond donors (Lipinski definition) is 1. The summed E-state index contributed by atoms with van der Waals surface area (Å²) in [4.78, 5) is 36.6. The van der Waals surface area contributed by atoms with Crippen molar-refractivity contribution in [2.75, 3.05) is 25.0 Å². The number of carbonyl (C=O) groups excluding carboxylic acids is 3. The van der Waals surface area contributed by atoms with Gasteiger partial charge in [0.25, 0.3) is 5.91 Å². The summed E-state index contributed by atoms with van der Waals surface area (Å²) in [7, 11) is -3.77. The van der Waals surface area contributed by atoms with Gasteiger partial charge in [0.2, 0.25) is 10.0 Å². The van der Waals surface area contributed by atoms with Gasteiger partial charge in [-0.2, -0.15) is 4.31 Å². The van der Waals surface area contributed by atoms with Gasteiger partial charge in [-0.05, 0) is 63.1 Å². The molecule has 2 aromatic carbocycles. The van der Waals surface area contributed by atoms with Crippen LogP contribution in [0.15, 0.2) is 59.5 Å². The molecule has 2 aromatic rings. The van der Waals surface area contributed by atoms with Gasteiger partial charge in [-0.15, -0.1) is 0 Å². The third-order valence-electron chi connectivity index (χ3n) is 5.49. The Bertz CT molecular complexity index is 1110. The molecule has 9 nitrogen and oxygen atoms in total. The topological polar surface area (TPSA) is 119 Å². The molecule has 1 N–H and O–H groups in total. The molecule has 0 saturated carbocycles. The number of benzene rings is 2. The molecule has 1 fully saturated rings. The highest BCUT2D eigenvalue weighted by atomic mass is 32.2. The fourth-order valence-corrected chi connectivity index (χ4v) is 5.02. The molecule has 1 amide bonds. The van der Waals surface area contributed by atoms with Crippen molar-refractivity contribution >= 4 is 33.6 Å². The number of anilines is 1. The van der Waals surface area contributed by atoms with Crippen molar-refractivity contribution in [1.82, 2.24) is 4.31 Å². The van der Waals surface area contributed by atoms with E-state index in [4.69, 9.17) is 9.47 Å². The molecule has 1 saturated heterocycles. The summed E-state index contributed by atoms with van der Waals surface area (Å²) in [6, 6.07) is 14.4. The van der Waals surface area contributed by atoms with Crippen LogP contribution in [-0.2, 0) is 29.1 Å². The molecule has 0 bridgehead atoms. The smallest absolute Gasteiger partial charge is 0.338 e. The second-order valence-electron chi connectivity index (χ2n) is 7.86. The molecule has 182 valence electrons. The largest absolute Gasteiger partial charge is 0.462 e. The zero-order chi connectivity index (χ0) is 24.7. The zero-order valence-corrected chi connectivity index (χ0v) is 19.9. The maximum absolute atomic E-state index is 13.0. The van der Waals surface area contributed by atoms with E-state index >= 15 is 0 Å². The standard InChI is InChI=1S/C24H28N2O7S/c1-3-32-23(28)18-9-11-21(12-10-18)34(30,31)26-15-13-19(14-16-26)24(29)33-17(2)22(27)25-20-7-5-4-6-8-20/h4-12,17,19H,3,13-16H2,1-2H3,(H,25,27). The molecule has 0 aromatic heterocycles. The highest BCUT2D eigenvalue weighted by Crippen LogP contribution is 2.25. The molecule has 34 heavy (non-hydrogen) atoms. The molecule has 1 aliphatic heterocycles. The lowest BCUT2D eigenvalue weighted by atomic mass is 9.98. The first kappa shape index (κ1) is 25.4. The van der Waals surface area contributed by atoms with Gasteiger partial charge in [-0.1, -0.05) is 18.2 Å². The first-order valence-corrected chi connectivity index (χ1v) is 12.5. The maximum atomic E-state index is 13.0. The number of piperidine rings is 1. The third-order valence-corrected chi connectivity index (χ3v) is 7.41. The van der Waals surface area contributed by atoms with Gasteiger partial charge in [-0.25, -0.2) is 13.2 Å². The van der Waals surface area contributed by atoms with Gasteiger partial charge >= 0.3 is 11.9 Å². The number of para-hydroxylation sites is 1. The van der Waals surface area contributed by atoms with Gasteiger partial charge in [0.05, 0.1) is 23.0 Å². The van der Waals surface area contributed by atoms with Gasteiger partial charge in [0, 0.05) is 18.8 Å². The Morgan fingerprint density at radius 2 is 1.65 bits per heavy atom. The van der Waals surface area contributed by atoms with E-state index in [0.717, 1.165) is 0 Å². The first-order valence-electron chi connectivity index (χ1n) is 11.1. The lowest BCUT2D eigenvalue weighted by Crippen LogP contribution is -2.41. The first-order chi connectivity index (χ1) is 16.2. The Hall–Kier alpha value is -3.24. The van der Waals surface area contributed by atoms with Crippen molar-refractivity contribution in [3.05, 3.63) is 60.2 Å². The fourth-order valence-electron chi connectivity index (χ4n) is 3.55. The van der Waals surface area contributed by atoms with Crippen LogP contribution in [0.1, 0.15) is 37.0 Å².